The number of nitrogens with one attached hydrogen (secondary N) is 2. The number of carbonyl (C=O) groups is 1. The number of ether oxygens (including phenoxy) is 2. The lowest BCUT2D eigenvalue weighted by Gasteiger charge is -2.29. The van der Waals surface area contributed by atoms with Crippen molar-refractivity contribution in [2.45, 2.75) is 25.8 Å². The zero-order chi connectivity index (χ0) is 12.1. The number of piperidine rings is 1. The van der Waals surface area contributed by atoms with Crippen molar-refractivity contribution in [1.82, 2.24) is 10.6 Å². The van der Waals surface area contributed by atoms with Crippen molar-refractivity contribution in [3.63, 3.8) is 0 Å². The summed E-state index contributed by atoms with van der Waals surface area (Å²) in [5, 5.41) is 6.31. The molecule has 17 heavy (non-hydrogen) atoms. The highest BCUT2D eigenvalue weighted by molar-refractivity contribution is 5.91. The van der Waals surface area contributed by atoms with Crippen LogP contribution in [0.3, 0.4) is 0 Å². The third-order valence-electron chi connectivity index (χ3n) is 3.27. The molecule has 0 radical (unpaired) electrons. The van der Waals surface area contributed by atoms with Crippen molar-refractivity contribution in [3.8, 4) is 0 Å². The zero-order valence-electron chi connectivity index (χ0n) is 10.2. The summed E-state index contributed by atoms with van der Waals surface area (Å²) in [7, 11) is 0. The molecule has 2 aliphatic heterocycles. The van der Waals surface area contributed by atoms with Crippen LogP contribution in [0, 0.1) is 5.92 Å². The normalized spacial score (nSPS) is 26.2. The lowest BCUT2D eigenvalue weighted by Crippen LogP contribution is -2.45. The molecule has 0 aliphatic carbocycles. The summed E-state index contributed by atoms with van der Waals surface area (Å²) in [5.41, 5.74) is 0. The molecule has 1 fully saturated rings. The van der Waals surface area contributed by atoms with Gasteiger partial charge in [-0.2, -0.15) is 0 Å². The number of rotatable bonds is 3. The maximum Gasteiger partial charge on any atom is 0.289 e. The van der Waals surface area contributed by atoms with E-state index in [-0.39, 0.29) is 17.7 Å². The van der Waals surface area contributed by atoms with Crippen molar-refractivity contribution in [2.75, 3.05) is 26.3 Å². The average molecular weight is 240 g/mol. The molecule has 2 unspecified atom stereocenters. The lowest BCUT2D eigenvalue weighted by molar-refractivity contribution is -0.123. The molecular weight excluding hydrogens is 220 g/mol. The Morgan fingerprint density at radius 3 is 3.12 bits per heavy atom. The fourth-order valence-electron chi connectivity index (χ4n) is 2.19. The van der Waals surface area contributed by atoms with Gasteiger partial charge in [0.25, 0.3) is 5.91 Å². The largest absolute Gasteiger partial charge is 0.494 e. The maximum absolute atomic E-state index is 11.8. The highest BCUT2D eigenvalue weighted by Gasteiger charge is 2.23. The third kappa shape index (κ3) is 3.36. The van der Waals surface area contributed by atoms with E-state index >= 15 is 0 Å². The highest BCUT2D eigenvalue weighted by Crippen LogP contribution is 2.15. The summed E-state index contributed by atoms with van der Waals surface area (Å²) in [4.78, 5) is 11.8. The summed E-state index contributed by atoms with van der Waals surface area (Å²) in [6.07, 6.45) is 3.72. The van der Waals surface area contributed by atoms with Gasteiger partial charge in [0.05, 0.1) is 0 Å². The molecule has 5 heteroatoms. The molecule has 2 aliphatic rings. The van der Waals surface area contributed by atoms with E-state index in [0.717, 1.165) is 19.5 Å². The van der Waals surface area contributed by atoms with Gasteiger partial charge in [-0.05, 0) is 38.8 Å². The van der Waals surface area contributed by atoms with Crippen LogP contribution < -0.4 is 10.6 Å². The lowest BCUT2D eigenvalue weighted by atomic mass is 9.93. The standard InChI is InChI=1S/C12H20N2O3/c1-9(10-3-2-4-13-7-10)14-12(15)11-8-16-5-6-17-11/h8-10,13H,2-7H2,1H3,(H,14,15). The second kappa shape index (κ2) is 5.91. The molecular formula is C12H20N2O3. The molecule has 2 rings (SSSR count). The van der Waals surface area contributed by atoms with E-state index in [1.165, 1.54) is 12.7 Å². The summed E-state index contributed by atoms with van der Waals surface area (Å²) in [6, 6.07) is 0.154. The first-order chi connectivity index (χ1) is 8.27. The minimum absolute atomic E-state index is 0.154. The predicted octanol–water partition coefficient (Wildman–Crippen LogP) is 0.379. The van der Waals surface area contributed by atoms with Crippen molar-refractivity contribution >= 4 is 5.91 Å². The van der Waals surface area contributed by atoms with Gasteiger partial charge in [-0.15, -0.1) is 0 Å². The van der Waals surface area contributed by atoms with E-state index in [1.54, 1.807) is 0 Å². The Hall–Kier alpha value is -1.23. The van der Waals surface area contributed by atoms with E-state index in [1.807, 2.05) is 6.92 Å². The molecule has 0 spiro atoms. The zero-order valence-corrected chi connectivity index (χ0v) is 10.2. The smallest absolute Gasteiger partial charge is 0.289 e. The van der Waals surface area contributed by atoms with Crippen LogP contribution in [0.2, 0.25) is 0 Å². The molecule has 0 aromatic heterocycles. The molecule has 2 atom stereocenters. The van der Waals surface area contributed by atoms with Crippen molar-refractivity contribution in [1.29, 1.82) is 0 Å². The van der Waals surface area contributed by atoms with E-state index in [2.05, 4.69) is 10.6 Å². The van der Waals surface area contributed by atoms with E-state index < -0.39 is 0 Å². The van der Waals surface area contributed by atoms with Crippen LogP contribution in [0.5, 0.6) is 0 Å². The topological polar surface area (TPSA) is 59.6 Å². The summed E-state index contributed by atoms with van der Waals surface area (Å²) in [5.74, 6) is 0.604. The molecule has 96 valence electrons. The van der Waals surface area contributed by atoms with Gasteiger partial charge in [-0.25, -0.2) is 0 Å². The van der Waals surface area contributed by atoms with Crippen LogP contribution in [0.1, 0.15) is 19.8 Å². The Morgan fingerprint density at radius 1 is 1.59 bits per heavy atom. The second-order valence-electron chi connectivity index (χ2n) is 4.57. The van der Waals surface area contributed by atoms with E-state index in [4.69, 9.17) is 9.47 Å². The van der Waals surface area contributed by atoms with Crippen LogP contribution in [0.15, 0.2) is 12.0 Å². The van der Waals surface area contributed by atoms with Crippen molar-refractivity contribution < 1.29 is 14.3 Å². The molecule has 2 N–H and O–H groups in total. The van der Waals surface area contributed by atoms with Gasteiger partial charge >= 0.3 is 0 Å². The Balaban J connectivity index is 1.82. The third-order valence-corrected chi connectivity index (χ3v) is 3.27. The first-order valence-corrected chi connectivity index (χ1v) is 6.23. The van der Waals surface area contributed by atoms with Gasteiger partial charge < -0.3 is 20.1 Å². The van der Waals surface area contributed by atoms with E-state index in [9.17, 15) is 4.79 Å². The minimum Gasteiger partial charge on any atom is -0.494 e. The first kappa shape index (κ1) is 12.2. The van der Waals surface area contributed by atoms with Gasteiger partial charge in [0, 0.05) is 6.04 Å². The SMILES string of the molecule is CC(NC(=O)C1=COCCO1)C1CCCNC1. The van der Waals surface area contributed by atoms with Crippen LogP contribution in [0.4, 0.5) is 0 Å². The Labute approximate surface area is 102 Å². The molecule has 1 saturated heterocycles. The molecule has 0 bridgehead atoms. The van der Waals surface area contributed by atoms with E-state index in [0.29, 0.717) is 19.1 Å². The number of hydrogen-bond acceptors (Lipinski definition) is 4. The number of hydrogen-bond donors (Lipinski definition) is 2. The Bertz CT molecular complexity index is 298. The first-order valence-electron chi connectivity index (χ1n) is 6.23. The fourth-order valence-corrected chi connectivity index (χ4v) is 2.19. The quantitative estimate of drug-likeness (QED) is 0.748. The van der Waals surface area contributed by atoms with Crippen LogP contribution in [-0.4, -0.2) is 38.3 Å². The molecule has 0 aromatic rings. The Morgan fingerprint density at radius 2 is 2.47 bits per heavy atom. The van der Waals surface area contributed by atoms with Crippen LogP contribution in [0.25, 0.3) is 0 Å². The van der Waals surface area contributed by atoms with Gasteiger partial charge in [0.2, 0.25) is 5.76 Å². The van der Waals surface area contributed by atoms with Crippen molar-refractivity contribution in [3.05, 3.63) is 12.0 Å². The number of amides is 1. The summed E-state index contributed by atoms with van der Waals surface area (Å²) >= 11 is 0. The summed E-state index contributed by atoms with van der Waals surface area (Å²) in [6.45, 7) is 5.05. The van der Waals surface area contributed by atoms with Crippen LogP contribution in [-0.2, 0) is 14.3 Å². The molecule has 2 heterocycles. The summed E-state index contributed by atoms with van der Waals surface area (Å²) < 4.78 is 10.3. The van der Waals surface area contributed by atoms with Gasteiger partial charge in [-0.1, -0.05) is 0 Å². The molecule has 0 saturated carbocycles. The predicted molar refractivity (Wildman–Crippen MR) is 63.2 cm³/mol. The van der Waals surface area contributed by atoms with Gasteiger partial charge in [0.1, 0.15) is 19.5 Å². The van der Waals surface area contributed by atoms with Gasteiger partial charge in [-0.3, -0.25) is 4.79 Å². The fraction of sp³-hybridized carbons (Fsp3) is 0.750. The minimum atomic E-state index is -0.178. The second-order valence-corrected chi connectivity index (χ2v) is 4.57. The average Bonchev–Trinajstić information content (AvgIpc) is 2.40. The maximum atomic E-state index is 11.8. The Kier molecular flexibility index (Phi) is 4.25. The monoisotopic (exact) mass is 240 g/mol. The highest BCUT2D eigenvalue weighted by atomic mass is 16.6. The molecule has 5 nitrogen and oxygen atoms in total. The van der Waals surface area contributed by atoms with Crippen molar-refractivity contribution in [2.24, 2.45) is 5.92 Å². The van der Waals surface area contributed by atoms with Gasteiger partial charge in [0.15, 0.2) is 0 Å². The van der Waals surface area contributed by atoms with Crippen LogP contribution >= 0.6 is 0 Å². The molecule has 1 amide bonds. The molecule has 0 aromatic carbocycles. The number of carbonyl (C=O) groups excluding carboxylic acids is 1.